The smallest absolute Gasteiger partial charge is 0.129 e. The number of aromatic nitrogens is 5. The van der Waals surface area contributed by atoms with E-state index < -0.39 is 0 Å². The maximum atomic E-state index is 8.98. The Labute approximate surface area is 130 Å². The van der Waals surface area contributed by atoms with Gasteiger partial charge in [-0.25, -0.2) is 0 Å². The quantitative estimate of drug-likeness (QED) is 0.848. The molecule has 0 amide bonds. The Morgan fingerprint density at radius 3 is 3.00 bits per heavy atom. The Bertz CT molecular complexity index is 592. The topological polar surface area (TPSA) is 72.0 Å². The molecule has 1 aliphatic heterocycles. The Morgan fingerprint density at radius 2 is 2.23 bits per heavy atom. The van der Waals surface area contributed by atoms with Crippen molar-refractivity contribution in [2.75, 3.05) is 26.2 Å². The van der Waals surface area contributed by atoms with Crippen molar-refractivity contribution in [2.24, 2.45) is 0 Å². The molecular weight excluding hydrogens is 280 g/mol. The molecule has 1 N–H and O–H groups in total. The summed E-state index contributed by atoms with van der Waals surface area (Å²) < 4.78 is 3.92. The van der Waals surface area contributed by atoms with E-state index >= 15 is 0 Å². The van der Waals surface area contributed by atoms with E-state index in [4.69, 9.17) is 5.11 Å². The highest BCUT2D eigenvalue weighted by atomic mass is 16.3. The molecule has 3 rings (SSSR count). The van der Waals surface area contributed by atoms with Crippen LogP contribution in [0.5, 0.6) is 0 Å². The third kappa shape index (κ3) is 3.53. The average molecular weight is 304 g/mol. The first-order chi connectivity index (χ1) is 10.8. The van der Waals surface area contributed by atoms with E-state index in [2.05, 4.69) is 30.8 Å². The molecule has 1 saturated heterocycles. The lowest BCUT2D eigenvalue weighted by Gasteiger charge is -2.32. The Balaban J connectivity index is 1.55. The first-order valence-corrected chi connectivity index (χ1v) is 7.97. The summed E-state index contributed by atoms with van der Waals surface area (Å²) in [7, 11) is 0. The maximum absolute atomic E-state index is 8.98. The average Bonchev–Trinajstić information content (AvgIpc) is 3.15. The van der Waals surface area contributed by atoms with Crippen molar-refractivity contribution in [1.29, 1.82) is 0 Å². The van der Waals surface area contributed by atoms with Crippen molar-refractivity contribution in [3.05, 3.63) is 30.1 Å². The van der Waals surface area contributed by atoms with Crippen LogP contribution in [0.2, 0.25) is 0 Å². The Hall–Kier alpha value is -1.73. The minimum Gasteiger partial charge on any atom is -0.394 e. The molecule has 7 nitrogen and oxygen atoms in total. The van der Waals surface area contributed by atoms with Crippen molar-refractivity contribution < 1.29 is 5.11 Å². The molecule has 0 spiro atoms. The van der Waals surface area contributed by atoms with E-state index in [-0.39, 0.29) is 6.61 Å². The summed E-state index contributed by atoms with van der Waals surface area (Å²) in [6, 6.07) is 2.09. The Kier molecular flexibility index (Phi) is 4.84. The van der Waals surface area contributed by atoms with E-state index in [0.717, 1.165) is 37.7 Å². The highest BCUT2D eigenvalue weighted by molar-refractivity contribution is 5.08. The number of aliphatic hydroxyl groups is 1. The van der Waals surface area contributed by atoms with Gasteiger partial charge in [0.25, 0.3) is 0 Å². The lowest BCUT2D eigenvalue weighted by atomic mass is 9.95. The van der Waals surface area contributed by atoms with Gasteiger partial charge in [-0.2, -0.15) is 5.10 Å². The van der Waals surface area contributed by atoms with Gasteiger partial charge in [-0.15, -0.1) is 10.2 Å². The molecule has 1 aliphatic rings. The monoisotopic (exact) mass is 304 g/mol. The summed E-state index contributed by atoms with van der Waals surface area (Å²) in [6.45, 7) is 6.85. The van der Waals surface area contributed by atoms with Crippen LogP contribution < -0.4 is 0 Å². The van der Waals surface area contributed by atoms with Gasteiger partial charge in [-0.3, -0.25) is 4.68 Å². The van der Waals surface area contributed by atoms with Gasteiger partial charge in [0.2, 0.25) is 0 Å². The fourth-order valence-electron chi connectivity index (χ4n) is 3.10. The summed E-state index contributed by atoms with van der Waals surface area (Å²) in [6.07, 6.45) is 6.16. The van der Waals surface area contributed by atoms with Gasteiger partial charge in [-0.05, 0) is 32.4 Å². The molecule has 3 heterocycles. The molecule has 0 bridgehead atoms. The number of hydrogen-bond donors (Lipinski definition) is 1. The lowest BCUT2D eigenvalue weighted by molar-refractivity contribution is 0.198. The van der Waals surface area contributed by atoms with Gasteiger partial charge in [0.05, 0.1) is 18.8 Å². The minimum atomic E-state index is 0.135. The lowest BCUT2D eigenvalue weighted by Crippen LogP contribution is -2.36. The van der Waals surface area contributed by atoms with E-state index in [9.17, 15) is 0 Å². The van der Waals surface area contributed by atoms with Crippen LogP contribution in [-0.4, -0.2) is 60.8 Å². The molecular formula is C15H24N6O. The number of hydrogen-bond acceptors (Lipinski definition) is 5. The van der Waals surface area contributed by atoms with E-state index in [1.54, 1.807) is 6.33 Å². The number of nitrogens with zero attached hydrogens (tertiary/aromatic N) is 6. The number of piperidine rings is 1. The zero-order chi connectivity index (χ0) is 15.4. The number of aliphatic hydroxyl groups excluding tert-OH is 1. The van der Waals surface area contributed by atoms with Gasteiger partial charge < -0.3 is 14.6 Å². The van der Waals surface area contributed by atoms with Crippen molar-refractivity contribution in [1.82, 2.24) is 29.4 Å². The van der Waals surface area contributed by atoms with E-state index in [1.165, 1.54) is 12.8 Å². The zero-order valence-corrected chi connectivity index (χ0v) is 13.1. The molecule has 1 fully saturated rings. The van der Waals surface area contributed by atoms with Crippen LogP contribution in [0.25, 0.3) is 0 Å². The first kappa shape index (κ1) is 15.2. The molecule has 2 aromatic rings. The molecule has 2 aromatic heterocycles. The van der Waals surface area contributed by atoms with Gasteiger partial charge in [0.15, 0.2) is 0 Å². The normalized spacial score (nSPS) is 19.6. The van der Waals surface area contributed by atoms with Crippen LogP contribution in [0.4, 0.5) is 0 Å². The SMILES string of the molecule is Cc1nncn1CCN1CCCC(c2ccn(CCO)n2)C1. The van der Waals surface area contributed by atoms with Crippen LogP contribution in [-0.2, 0) is 13.1 Å². The summed E-state index contributed by atoms with van der Waals surface area (Å²) in [4.78, 5) is 2.50. The minimum absolute atomic E-state index is 0.135. The molecule has 0 saturated carbocycles. The van der Waals surface area contributed by atoms with Crippen LogP contribution in [0.1, 0.15) is 30.3 Å². The van der Waals surface area contributed by atoms with Crippen LogP contribution in [0.3, 0.4) is 0 Å². The number of rotatable bonds is 6. The van der Waals surface area contributed by atoms with Gasteiger partial charge in [-0.1, -0.05) is 0 Å². The molecule has 0 aromatic carbocycles. The molecule has 22 heavy (non-hydrogen) atoms. The van der Waals surface area contributed by atoms with Crippen molar-refractivity contribution in [2.45, 2.75) is 38.8 Å². The predicted molar refractivity (Wildman–Crippen MR) is 82.5 cm³/mol. The third-order valence-corrected chi connectivity index (χ3v) is 4.38. The van der Waals surface area contributed by atoms with Crippen LogP contribution in [0, 0.1) is 6.92 Å². The second-order valence-corrected chi connectivity index (χ2v) is 5.94. The van der Waals surface area contributed by atoms with Crippen LogP contribution >= 0.6 is 0 Å². The van der Waals surface area contributed by atoms with E-state index in [1.807, 2.05) is 17.8 Å². The third-order valence-electron chi connectivity index (χ3n) is 4.38. The van der Waals surface area contributed by atoms with Crippen molar-refractivity contribution in [3.63, 3.8) is 0 Å². The fourth-order valence-corrected chi connectivity index (χ4v) is 3.10. The molecule has 0 aliphatic carbocycles. The predicted octanol–water partition coefficient (Wildman–Crippen LogP) is 0.655. The molecule has 7 heteroatoms. The second kappa shape index (κ2) is 7.02. The molecule has 0 radical (unpaired) electrons. The van der Waals surface area contributed by atoms with Gasteiger partial charge in [0.1, 0.15) is 12.2 Å². The molecule has 1 unspecified atom stereocenters. The summed E-state index contributed by atoms with van der Waals surface area (Å²) in [5.74, 6) is 1.46. The van der Waals surface area contributed by atoms with Crippen molar-refractivity contribution >= 4 is 0 Å². The van der Waals surface area contributed by atoms with Crippen molar-refractivity contribution in [3.8, 4) is 0 Å². The number of likely N-dealkylation sites (tertiary alicyclic amines) is 1. The Morgan fingerprint density at radius 1 is 1.32 bits per heavy atom. The highest BCUT2D eigenvalue weighted by Gasteiger charge is 2.23. The number of aryl methyl sites for hydroxylation is 1. The van der Waals surface area contributed by atoms with Gasteiger partial charge in [0, 0.05) is 31.7 Å². The largest absolute Gasteiger partial charge is 0.394 e. The maximum Gasteiger partial charge on any atom is 0.129 e. The van der Waals surface area contributed by atoms with E-state index in [0.29, 0.717) is 12.5 Å². The second-order valence-electron chi connectivity index (χ2n) is 5.94. The van der Waals surface area contributed by atoms with Gasteiger partial charge >= 0.3 is 0 Å². The summed E-state index contributed by atoms with van der Waals surface area (Å²) in [5.41, 5.74) is 1.15. The molecule has 1 atom stereocenters. The fraction of sp³-hybridized carbons (Fsp3) is 0.667. The van der Waals surface area contributed by atoms with Crippen LogP contribution in [0.15, 0.2) is 18.6 Å². The first-order valence-electron chi connectivity index (χ1n) is 7.97. The molecule has 120 valence electrons. The highest BCUT2D eigenvalue weighted by Crippen LogP contribution is 2.25. The summed E-state index contributed by atoms with van der Waals surface area (Å²) in [5, 5.41) is 21.5. The summed E-state index contributed by atoms with van der Waals surface area (Å²) >= 11 is 0. The standard InChI is InChI=1S/C15H24N6O/c1-13-17-16-12-20(13)8-7-19-5-2-3-14(11-19)15-4-6-21(18-15)9-10-22/h4,6,12,14,22H,2-3,5,7-11H2,1H3. The zero-order valence-electron chi connectivity index (χ0n) is 13.1.